The van der Waals surface area contributed by atoms with Crippen molar-refractivity contribution in [2.45, 2.75) is 6.42 Å². The largest absolute Gasteiger partial charge is 0.319 e. The van der Waals surface area contributed by atoms with Gasteiger partial charge in [-0.05, 0) is 53.2 Å². The zero-order chi connectivity index (χ0) is 12.4. The fourth-order valence-corrected chi connectivity index (χ4v) is 2.63. The van der Waals surface area contributed by atoms with Gasteiger partial charge in [0, 0.05) is 0 Å². The summed E-state index contributed by atoms with van der Waals surface area (Å²) in [6.45, 7) is 1.01. The quantitative estimate of drug-likeness (QED) is 0.682. The van der Waals surface area contributed by atoms with Gasteiger partial charge >= 0.3 is 0 Å². The van der Waals surface area contributed by atoms with E-state index >= 15 is 0 Å². The van der Waals surface area contributed by atoms with Crippen molar-refractivity contribution in [2.24, 2.45) is 0 Å². The highest BCUT2D eigenvalue weighted by Gasteiger charge is 2.06. The Bertz CT molecular complexity index is 631. The first kappa shape index (κ1) is 11.2. The second kappa shape index (κ2) is 4.79. The monoisotopic (exact) mass is 235 g/mol. The lowest BCUT2D eigenvalue weighted by Crippen LogP contribution is -2.10. The highest BCUT2D eigenvalue weighted by molar-refractivity contribution is 6.02. The van der Waals surface area contributed by atoms with Gasteiger partial charge in [0.1, 0.15) is 0 Å². The van der Waals surface area contributed by atoms with Gasteiger partial charge in [0.25, 0.3) is 0 Å². The predicted molar refractivity (Wildman–Crippen MR) is 79.1 cm³/mol. The number of nitrogens with one attached hydrogen (secondary N) is 1. The van der Waals surface area contributed by atoms with Crippen LogP contribution in [0.25, 0.3) is 21.5 Å². The summed E-state index contributed by atoms with van der Waals surface area (Å²) in [7, 11) is 2.01. The van der Waals surface area contributed by atoms with Gasteiger partial charge in [-0.15, -0.1) is 0 Å². The number of fused-ring (bicyclic) bond motifs is 2. The van der Waals surface area contributed by atoms with Crippen molar-refractivity contribution < 1.29 is 0 Å². The van der Waals surface area contributed by atoms with E-state index < -0.39 is 0 Å². The summed E-state index contributed by atoms with van der Waals surface area (Å²) in [6.07, 6.45) is 1.07. The van der Waals surface area contributed by atoms with E-state index in [0.29, 0.717) is 0 Å². The van der Waals surface area contributed by atoms with Crippen LogP contribution in [0, 0.1) is 0 Å². The maximum Gasteiger partial charge on any atom is -0.00109 e. The van der Waals surface area contributed by atoms with E-state index in [1.165, 1.54) is 27.1 Å². The molecule has 0 fully saturated rings. The molecule has 1 nitrogen and oxygen atoms in total. The van der Waals surface area contributed by atoms with E-state index in [4.69, 9.17) is 0 Å². The van der Waals surface area contributed by atoms with E-state index in [-0.39, 0.29) is 0 Å². The van der Waals surface area contributed by atoms with Crippen molar-refractivity contribution in [1.82, 2.24) is 5.32 Å². The fraction of sp³-hybridized carbons (Fsp3) is 0.176. The Morgan fingerprint density at radius 1 is 0.833 bits per heavy atom. The normalized spacial score (nSPS) is 11.2. The van der Waals surface area contributed by atoms with Gasteiger partial charge in [0.2, 0.25) is 0 Å². The van der Waals surface area contributed by atoms with Crippen LogP contribution in [0.15, 0.2) is 54.6 Å². The maximum absolute atomic E-state index is 3.25. The summed E-state index contributed by atoms with van der Waals surface area (Å²) in [4.78, 5) is 0. The van der Waals surface area contributed by atoms with E-state index in [2.05, 4.69) is 59.9 Å². The van der Waals surface area contributed by atoms with Gasteiger partial charge in [0.15, 0.2) is 0 Å². The molecule has 18 heavy (non-hydrogen) atoms. The van der Waals surface area contributed by atoms with Crippen LogP contribution in [0.1, 0.15) is 5.56 Å². The molecule has 0 unspecified atom stereocenters. The molecule has 3 aromatic rings. The fourth-order valence-electron chi connectivity index (χ4n) is 2.63. The van der Waals surface area contributed by atoms with Crippen LogP contribution in [0.3, 0.4) is 0 Å². The predicted octanol–water partition coefficient (Wildman–Crippen LogP) is 3.75. The zero-order valence-corrected chi connectivity index (χ0v) is 10.6. The van der Waals surface area contributed by atoms with E-state index in [0.717, 1.165) is 13.0 Å². The number of benzene rings is 3. The second-order valence-corrected chi connectivity index (χ2v) is 4.65. The van der Waals surface area contributed by atoms with Crippen molar-refractivity contribution >= 4 is 21.5 Å². The highest BCUT2D eigenvalue weighted by atomic mass is 14.8. The van der Waals surface area contributed by atoms with Crippen LogP contribution >= 0.6 is 0 Å². The molecule has 0 aliphatic heterocycles. The molecule has 0 saturated heterocycles. The molecule has 0 heterocycles. The van der Waals surface area contributed by atoms with Crippen molar-refractivity contribution in [3.05, 3.63) is 60.2 Å². The van der Waals surface area contributed by atoms with Gasteiger partial charge in [-0.25, -0.2) is 0 Å². The highest BCUT2D eigenvalue weighted by Crippen LogP contribution is 2.28. The third-order valence-corrected chi connectivity index (χ3v) is 3.51. The SMILES string of the molecule is CNCCc1c2ccccc2cc2ccccc12. The summed E-state index contributed by atoms with van der Waals surface area (Å²) in [6, 6.07) is 19.6. The average Bonchev–Trinajstić information content (AvgIpc) is 2.43. The Morgan fingerprint density at radius 3 is 1.94 bits per heavy atom. The summed E-state index contributed by atoms with van der Waals surface area (Å²) < 4.78 is 0. The first-order valence-electron chi connectivity index (χ1n) is 6.44. The molecule has 0 aromatic heterocycles. The molecule has 3 aromatic carbocycles. The molecule has 0 aliphatic carbocycles. The third-order valence-electron chi connectivity index (χ3n) is 3.51. The van der Waals surface area contributed by atoms with E-state index in [1.54, 1.807) is 0 Å². The Balaban J connectivity index is 2.34. The summed E-state index contributed by atoms with van der Waals surface area (Å²) >= 11 is 0. The first-order valence-corrected chi connectivity index (χ1v) is 6.44. The molecule has 0 bridgehead atoms. The molecular formula is C17H17N. The van der Waals surface area contributed by atoms with Crippen molar-refractivity contribution in [2.75, 3.05) is 13.6 Å². The summed E-state index contributed by atoms with van der Waals surface area (Å²) in [5.41, 5.74) is 1.46. The molecule has 0 amide bonds. The first-order chi connectivity index (χ1) is 8.90. The molecule has 1 heteroatoms. The Morgan fingerprint density at radius 2 is 1.39 bits per heavy atom. The molecule has 0 radical (unpaired) electrons. The van der Waals surface area contributed by atoms with Crippen molar-refractivity contribution in [3.8, 4) is 0 Å². The van der Waals surface area contributed by atoms with Gasteiger partial charge in [0.05, 0.1) is 0 Å². The smallest absolute Gasteiger partial charge is 0.00109 e. The van der Waals surface area contributed by atoms with Crippen LogP contribution in [0.2, 0.25) is 0 Å². The average molecular weight is 235 g/mol. The molecule has 3 rings (SSSR count). The summed E-state index contributed by atoms with van der Waals surface area (Å²) in [5.74, 6) is 0. The number of likely N-dealkylation sites (N-methyl/N-ethyl adjacent to an activating group) is 1. The lowest BCUT2D eigenvalue weighted by molar-refractivity contribution is 0.798. The Labute approximate surface area is 107 Å². The molecule has 1 N–H and O–H groups in total. The maximum atomic E-state index is 3.25. The number of hydrogen-bond acceptors (Lipinski definition) is 1. The van der Waals surface area contributed by atoms with E-state index in [9.17, 15) is 0 Å². The second-order valence-electron chi connectivity index (χ2n) is 4.65. The van der Waals surface area contributed by atoms with Crippen molar-refractivity contribution in [3.63, 3.8) is 0 Å². The molecular weight excluding hydrogens is 218 g/mol. The van der Waals surface area contributed by atoms with Crippen LogP contribution in [-0.2, 0) is 6.42 Å². The lowest BCUT2D eigenvalue weighted by atomic mass is 9.95. The molecule has 0 atom stereocenters. The topological polar surface area (TPSA) is 12.0 Å². The molecule has 0 saturated carbocycles. The van der Waals surface area contributed by atoms with Crippen LogP contribution in [0.5, 0.6) is 0 Å². The number of rotatable bonds is 3. The molecule has 0 aliphatic rings. The van der Waals surface area contributed by atoms with Crippen LogP contribution < -0.4 is 5.32 Å². The van der Waals surface area contributed by atoms with Crippen LogP contribution in [-0.4, -0.2) is 13.6 Å². The van der Waals surface area contributed by atoms with E-state index in [1.807, 2.05) is 7.05 Å². The van der Waals surface area contributed by atoms with Gasteiger partial charge in [-0.3, -0.25) is 0 Å². The number of hydrogen-bond donors (Lipinski definition) is 1. The van der Waals surface area contributed by atoms with Crippen molar-refractivity contribution in [1.29, 1.82) is 0 Å². The summed E-state index contributed by atoms with van der Waals surface area (Å²) in [5, 5.41) is 8.68. The zero-order valence-electron chi connectivity index (χ0n) is 10.6. The minimum Gasteiger partial charge on any atom is -0.319 e. The third kappa shape index (κ3) is 1.87. The standard InChI is InChI=1S/C17H17N/c1-18-11-10-17-15-8-4-2-6-13(15)12-14-7-3-5-9-16(14)17/h2-9,12,18H,10-11H2,1H3. The minimum atomic E-state index is 1.01. The van der Waals surface area contributed by atoms with Crippen LogP contribution in [0.4, 0.5) is 0 Å². The molecule has 0 spiro atoms. The minimum absolute atomic E-state index is 1.01. The lowest BCUT2D eigenvalue weighted by Gasteiger charge is -2.11. The molecule has 90 valence electrons. The van der Waals surface area contributed by atoms with Gasteiger partial charge in [-0.2, -0.15) is 0 Å². The van der Waals surface area contributed by atoms with Gasteiger partial charge < -0.3 is 5.32 Å². The Kier molecular flexibility index (Phi) is 2.99. The Hall–Kier alpha value is -1.86. The van der Waals surface area contributed by atoms with Gasteiger partial charge in [-0.1, -0.05) is 48.5 Å².